The molecule has 1 aromatic rings. The third-order valence-electron chi connectivity index (χ3n) is 4.25. The molecule has 22 heavy (non-hydrogen) atoms. The predicted molar refractivity (Wildman–Crippen MR) is 90.3 cm³/mol. The van der Waals surface area contributed by atoms with Gasteiger partial charge >= 0.3 is 0 Å². The second-order valence-corrected chi connectivity index (χ2v) is 5.88. The van der Waals surface area contributed by atoms with Crippen LogP contribution in [0.2, 0.25) is 0 Å². The molecular weight excluding hydrogens is 280 g/mol. The first-order chi connectivity index (χ1) is 10.6. The van der Waals surface area contributed by atoms with E-state index in [1.807, 2.05) is 0 Å². The first-order valence-corrected chi connectivity index (χ1v) is 7.88. The number of nitrogens with two attached hydrogens (primary N) is 1. The van der Waals surface area contributed by atoms with E-state index >= 15 is 0 Å². The molecule has 1 saturated heterocycles. The van der Waals surface area contributed by atoms with Crippen molar-refractivity contribution in [2.45, 2.75) is 25.3 Å². The molecule has 7 heteroatoms. The number of likely N-dealkylation sites (tertiary alicyclic amines) is 1. The van der Waals surface area contributed by atoms with Crippen LogP contribution >= 0.6 is 0 Å². The number of nitrogens with one attached hydrogen (secondary N) is 1. The molecule has 0 saturated carbocycles. The highest BCUT2D eigenvalue weighted by molar-refractivity contribution is 5.74. The highest BCUT2D eigenvalue weighted by Crippen LogP contribution is 2.28. The van der Waals surface area contributed by atoms with Gasteiger partial charge in [-0.2, -0.15) is 0 Å². The van der Waals surface area contributed by atoms with Gasteiger partial charge in [-0.1, -0.05) is 0 Å². The summed E-state index contributed by atoms with van der Waals surface area (Å²) in [5, 5.41) is 3.26. The van der Waals surface area contributed by atoms with Crippen molar-refractivity contribution in [2.24, 2.45) is 0 Å². The first-order valence-electron chi connectivity index (χ1n) is 7.88. The minimum atomic E-state index is 0.481. The highest BCUT2D eigenvalue weighted by Gasteiger charge is 2.23. The number of anilines is 3. The summed E-state index contributed by atoms with van der Waals surface area (Å²) in [4.78, 5) is 13.2. The third-order valence-corrected chi connectivity index (χ3v) is 4.25. The summed E-state index contributed by atoms with van der Waals surface area (Å²) in [5.41, 5.74) is 6.89. The van der Waals surface area contributed by atoms with E-state index in [0.717, 1.165) is 51.3 Å². The molecule has 2 rings (SSSR count). The molecular formula is C15H28N6O. The fourth-order valence-electron chi connectivity index (χ4n) is 2.79. The lowest BCUT2D eigenvalue weighted by Crippen LogP contribution is -2.42. The van der Waals surface area contributed by atoms with Crippen LogP contribution in [0.4, 0.5) is 17.3 Å². The Bertz CT molecular complexity index is 461. The summed E-state index contributed by atoms with van der Waals surface area (Å²) in [7, 11) is 5.94. The molecule has 1 fully saturated rings. The van der Waals surface area contributed by atoms with E-state index in [0.29, 0.717) is 17.5 Å². The second kappa shape index (κ2) is 8.14. The molecule has 0 aliphatic carbocycles. The van der Waals surface area contributed by atoms with Gasteiger partial charge in [0.25, 0.3) is 0 Å². The largest absolute Gasteiger partial charge is 0.393 e. The highest BCUT2D eigenvalue weighted by atomic mass is 16.5. The standard InChI is InChI=1S/C15H28N6O/c1-20-8-5-12(6-9-20)21(2)15-13(16)14(18-11-19-15)17-7-4-10-22-3/h11-12H,4-10,16H2,1-3H3,(H,17,18,19). The molecule has 0 aromatic carbocycles. The van der Waals surface area contributed by atoms with Gasteiger partial charge in [0.05, 0.1) is 0 Å². The summed E-state index contributed by atoms with van der Waals surface area (Å²) in [6.45, 7) is 3.73. The van der Waals surface area contributed by atoms with Crippen LogP contribution in [0.1, 0.15) is 19.3 Å². The summed E-state index contributed by atoms with van der Waals surface area (Å²) in [5.74, 6) is 1.53. The topological polar surface area (TPSA) is 79.5 Å². The van der Waals surface area contributed by atoms with Gasteiger partial charge in [-0.15, -0.1) is 0 Å². The molecule has 0 atom stereocenters. The number of methoxy groups -OCH3 is 1. The van der Waals surface area contributed by atoms with Gasteiger partial charge in [-0.25, -0.2) is 9.97 Å². The number of aromatic nitrogens is 2. The van der Waals surface area contributed by atoms with E-state index < -0.39 is 0 Å². The number of hydrogen-bond acceptors (Lipinski definition) is 7. The Kier molecular flexibility index (Phi) is 6.21. The molecule has 0 radical (unpaired) electrons. The summed E-state index contributed by atoms with van der Waals surface area (Å²) in [6, 6.07) is 0.481. The van der Waals surface area contributed by atoms with Gasteiger partial charge in [0.1, 0.15) is 12.0 Å². The molecule has 7 nitrogen and oxygen atoms in total. The van der Waals surface area contributed by atoms with Crippen molar-refractivity contribution in [2.75, 3.05) is 63.4 Å². The monoisotopic (exact) mass is 308 g/mol. The van der Waals surface area contributed by atoms with Crippen molar-refractivity contribution in [3.05, 3.63) is 6.33 Å². The lowest BCUT2D eigenvalue weighted by molar-refractivity contribution is 0.198. The SMILES string of the molecule is COCCCNc1ncnc(N(C)C2CCN(C)CC2)c1N. The van der Waals surface area contributed by atoms with E-state index in [4.69, 9.17) is 10.5 Å². The van der Waals surface area contributed by atoms with Gasteiger partial charge in [0, 0.05) is 33.4 Å². The molecule has 3 N–H and O–H groups in total. The maximum atomic E-state index is 6.26. The molecule has 1 aliphatic rings. The summed E-state index contributed by atoms with van der Waals surface area (Å²) >= 11 is 0. The molecule has 2 heterocycles. The van der Waals surface area contributed by atoms with Crippen molar-refractivity contribution < 1.29 is 4.74 Å². The van der Waals surface area contributed by atoms with E-state index in [9.17, 15) is 0 Å². The molecule has 0 unspecified atom stereocenters. The van der Waals surface area contributed by atoms with Crippen LogP contribution in [0, 0.1) is 0 Å². The average Bonchev–Trinajstić information content (AvgIpc) is 2.53. The molecule has 1 aromatic heterocycles. The Morgan fingerprint density at radius 1 is 1.41 bits per heavy atom. The zero-order valence-corrected chi connectivity index (χ0v) is 13.9. The zero-order valence-electron chi connectivity index (χ0n) is 13.9. The van der Waals surface area contributed by atoms with E-state index in [1.54, 1.807) is 13.4 Å². The van der Waals surface area contributed by atoms with Crippen LogP contribution in [-0.2, 0) is 4.74 Å². The average molecular weight is 308 g/mol. The lowest BCUT2D eigenvalue weighted by Gasteiger charge is -2.36. The quantitative estimate of drug-likeness (QED) is 0.728. The molecule has 0 bridgehead atoms. The fraction of sp³-hybridized carbons (Fsp3) is 0.733. The zero-order chi connectivity index (χ0) is 15.9. The number of nitrogens with zero attached hydrogens (tertiary/aromatic N) is 4. The van der Waals surface area contributed by atoms with Gasteiger partial charge in [-0.05, 0) is 39.4 Å². The number of nitrogen functional groups attached to an aromatic ring is 1. The number of hydrogen-bond donors (Lipinski definition) is 2. The van der Waals surface area contributed by atoms with Gasteiger partial charge in [0.2, 0.25) is 0 Å². The van der Waals surface area contributed by atoms with Crippen LogP contribution in [-0.4, -0.2) is 68.4 Å². The fourth-order valence-corrected chi connectivity index (χ4v) is 2.79. The number of piperidine rings is 1. The molecule has 0 spiro atoms. The molecule has 124 valence electrons. The normalized spacial score (nSPS) is 16.7. The van der Waals surface area contributed by atoms with Crippen molar-refractivity contribution in [1.29, 1.82) is 0 Å². The summed E-state index contributed by atoms with van der Waals surface area (Å²) < 4.78 is 5.04. The number of rotatable bonds is 7. The van der Waals surface area contributed by atoms with E-state index in [-0.39, 0.29) is 0 Å². The van der Waals surface area contributed by atoms with E-state index in [2.05, 4.69) is 39.2 Å². The van der Waals surface area contributed by atoms with E-state index in [1.165, 1.54) is 0 Å². The van der Waals surface area contributed by atoms with Gasteiger partial charge in [-0.3, -0.25) is 0 Å². The van der Waals surface area contributed by atoms with Crippen LogP contribution in [0.15, 0.2) is 6.33 Å². The minimum absolute atomic E-state index is 0.481. The third kappa shape index (κ3) is 4.20. The Labute approximate surface area is 132 Å². The number of ether oxygens (including phenoxy) is 1. The van der Waals surface area contributed by atoms with Crippen LogP contribution in [0.5, 0.6) is 0 Å². The maximum Gasteiger partial charge on any atom is 0.157 e. The molecule has 0 amide bonds. The Hall–Kier alpha value is -1.60. The van der Waals surface area contributed by atoms with Gasteiger partial charge in [0.15, 0.2) is 11.6 Å². The maximum absolute atomic E-state index is 6.26. The van der Waals surface area contributed by atoms with Gasteiger partial charge < -0.3 is 25.6 Å². The van der Waals surface area contributed by atoms with Crippen LogP contribution in [0.25, 0.3) is 0 Å². The summed E-state index contributed by atoms with van der Waals surface area (Å²) in [6.07, 6.45) is 4.76. The predicted octanol–water partition coefficient (Wildman–Crippen LogP) is 1.04. The lowest BCUT2D eigenvalue weighted by atomic mass is 10.0. The Balaban J connectivity index is 2.01. The minimum Gasteiger partial charge on any atom is -0.393 e. The van der Waals surface area contributed by atoms with Crippen molar-refractivity contribution in [3.63, 3.8) is 0 Å². The van der Waals surface area contributed by atoms with Crippen molar-refractivity contribution >= 4 is 17.3 Å². The van der Waals surface area contributed by atoms with Crippen molar-refractivity contribution in [3.8, 4) is 0 Å². The Morgan fingerprint density at radius 3 is 2.82 bits per heavy atom. The van der Waals surface area contributed by atoms with Crippen LogP contribution in [0.3, 0.4) is 0 Å². The molecule has 1 aliphatic heterocycles. The van der Waals surface area contributed by atoms with Crippen molar-refractivity contribution in [1.82, 2.24) is 14.9 Å². The van der Waals surface area contributed by atoms with Crippen LogP contribution < -0.4 is 16.0 Å². The smallest absolute Gasteiger partial charge is 0.157 e. The Morgan fingerprint density at radius 2 is 2.14 bits per heavy atom. The second-order valence-electron chi connectivity index (χ2n) is 5.88. The first kappa shape index (κ1) is 16.8.